The van der Waals surface area contributed by atoms with Gasteiger partial charge in [-0.05, 0) is 36.8 Å². The molecule has 0 saturated carbocycles. The summed E-state index contributed by atoms with van der Waals surface area (Å²) in [6, 6.07) is 8.08. The summed E-state index contributed by atoms with van der Waals surface area (Å²) in [6.45, 7) is 2.52. The first kappa shape index (κ1) is 18.1. The van der Waals surface area contributed by atoms with Crippen LogP contribution in [0, 0.1) is 0 Å². The highest BCUT2D eigenvalue weighted by atomic mass is 79.9. The van der Waals surface area contributed by atoms with Crippen molar-refractivity contribution in [3.05, 3.63) is 58.3 Å². The zero-order valence-corrected chi connectivity index (χ0v) is 15.6. The third-order valence-corrected chi connectivity index (χ3v) is 4.57. The number of carbonyl (C=O) groups excluding carboxylic acids is 3. The SMILES string of the molecule is CCN1C(=O)[C@@H](NC(=O)C(=O)NCc2cccnc2)c2cc(Br)ccc21. The van der Waals surface area contributed by atoms with Gasteiger partial charge in [-0.25, -0.2) is 0 Å². The molecule has 0 unspecified atom stereocenters. The van der Waals surface area contributed by atoms with Crippen LogP contribution in [-0.2, 0) is 20.9 Å². The number of halogens is 1. The number of nitrogens with one attached hydrogen (secondary N) is 2. The van der Waals surface area contributed by atoms with E-state index in [-0.39, 0.29) is 12.5 Å². The van der Waals surface area contributed by atoms with E-state index in [0.29, 0.717) is 12.1 Å². The molecule has 0 radical (unpaired) electrons. The van der Waals surface area contributed by atoms with Crippen molar-refractivity contribution in [1.82, 2.24) is 15.6 Å². The number of likely N-dealkylation sites (N-methyl/N-ethyl adjacent to an activating group) is 1. The van der Waals surface area contributed by atoms with Crippen LogP contribution in [0.2, 0.25) is 0 Å². The normalized spacial score (nSPS) is 15.5. The Morgan fingerprint density at radius 3 is 2.77 bits per heavy atom. The van der Waals surface area contributed by atoms with Crippen molar-refractivity contribution < 1.29 is 14.4 Å². The van der Waals surface area contributed by atoms with Gasteiger partial charge in [0.1, 0.15) is 6.04 Å². The first-order valence-electron chi connectivity index (χ1n) is 8.09. The Balaban J connectivity index is 1.70. The molecule has 0 saturated heterocycles. The van der Waals surface area contributed by atoms with E-state index in [4.69, 9.17) is 0 Å². The van der Waals surface area contributed by atoms with Gasteiger partial charge in [0.25, 0.3) is 5.91 Å². The zero-order chi connectivity index (χ0) is 18.7. The molecule has 1 atom stereocenters. The molecule has 8 heteroatoms. The van der Waals surface area contributed by atoms with Gasteiger partial charge in [0.05, 0.1) is 0 Å². The van der Waals surface area contributed by atoms with Gasteiger partial charge in [-0.3, -0.25) is 19.4 Å². The summed E-state index contributed by atoms with van der Waals surface area (Å²) in [7, 11) is 0. The lowest BCUT2D eigenvalue weighted by molar-refractivity contribution is -0.140. The Morgan fingerprint density at radius 2 is 2.08 bits per heavy atom. The Labute approximate surface area is 158 Å². The summed E-state index contributed by atoms with van der Waals surface area (Å²) >= 11 is 3.37. The fraction of sp³-hybridized carbons (Fsp3) is 0.222. The van der Waals surface area contributed by atoms with Gasteiger partial charge >= 0.3 is 11.8 Å². The number of pyridine rings is 1. The van der Waals surface area contributed by atoms with Crippen LogP contribution in [0.5, 0.6) is 0 Å². The maximum Gasteiger partial charge on any atom is 0.310 e. The number of carbonyl (C=O) groups is 3. The molecule has 1 aliphatic heterocycles. The lowest BCUT2D eigenvalue weighted by atomic mass is 10.1. The second-order valence-electron chi connectivity index (χ2n) is 5.74. The van der Waals surface area contributed by atoms with Crippen molar-refractivity contribution in [2.75, 3.05) is 11.4 Å². The topological polar surface area (TPSA) is 91.4 Å². The molecule has 7 nitrogen and oxygen atoms in total. The minimum absolute atomic E-state index is 0.182. The third-order valence-electron chi connectivity index (χ3n) is 4.08. The summed E-state index contributed by atoms with van der Waals surface area (Å²) < 4.78 is 0.794. The standard InChI is InChI=1S/C18H17BrN4O3/c1-2-23-14-6-5-12(19)8-13(14)15(18(23)26)22-17(25)16(24)21-10-11-4-3-7-20-9-11/h3-9,15H,2,10H2,1H3,(H,21,24)(H,22,25)/t15-/m0/s1. The number of rotatable bonds is 4. The quantitative estimate of drug-likeness (QED) is 0.741. The molecule has 134 valence electrons. The van der Waals surface area contributed by atoms with Crippen LogP contribution in [0.25, 0.3) is 0 Å². The molecule has 0 aliphatic carbocycles. The summed E-state index contributed by atoms with van der Waals surface area (Å²) in [4.78, 5) is 42.4. The number of hydrogen-bond donors (Lipinski definition) is 2. The average molecular weight is 417 g/mol. The van der Waals surface area contributed by atoms with E-state index in [9.17, 15) is 14.4 Å². The van der Waals surface area contributed by atoms with Crippen LogP contribution < -0.4 is 15.5 Å². The lowest BCUT2D eigenvalue weighted by Crippen LogP contribution is -2.44. The molecule has 2 heterocycles. The minimum Gasteiger partial charge on any atom is -0.344 e. The summed E-state index contributed by atoms with van der Waals surface area (Å²) in [6.07, 6.45) is 3.23. The molecule has 2 aromatic rings. The molecule has 3 rings (SSSR count). The molecule has 1 aromatic heterocycles. The van der Waals surface area contributed by atoms with Crippen molar-refractivity contribution in [3.63, 3.8) is 0 Å². The maximum atomic E-state index is 12.6. The highest BCUT2D eigenvalue weighted by Gasteiger charge is 2.38. The van der Waals surface area contributed by atoms with Crippen molar-refractivity contribution in [2.24, 2.45) is 0 Å². The minimum atomic E-state index is -0.876. The van der Waals surface area contributed by atoms with E-state index in [1.54, 1.807) is 35.5 Å². The average Bonchev–Trinajstić information content (AvgIpc) is 2.91. The molecule has 2 N–H and O–H groups in total. The monoisotopic (exact) mass is 416 g/mol. The molecular formula is C18H17BrN4O3. The highest BCUT2D eigenvalue weighted by molar-refractivity contribution is 9.10. The first-order chi connectivity index (χ1) is 12.5. The maximum absolute atomic E-state index is 12.6. The fourth-order valence-corrected chi connectivity index (χ4v) is 3.22. The van der Waals surface area contributed by atoms with Crippen molar-refractivity contribution >= 4 is 39.3 Å². The number of hydrogen-bond acceptors (Lipinski definition) is 4. The molecule has 26 heavy (non-hydrogen) atoms. The number of nitrogens with zero attached hydrogens (tertiary/aromatic N) is 2. The third kappa shape index (κ3) is 3.60. The van der Waals surface area contributed by atoms with Crippen molar-refractivity contribution in [3.8, 4) is 0 Å². The van der Waals surface area contributed by atoms with Crippen LogP contribution in [0.3, 0.4) is 0 Å². The smallest absolute Gasteiger partial charge is 0.310 e. The van der Waals surface area contributed by atoms with Gasteiger partial charge in [0, 0.05) is 41.2 Å². The molecule has 3 amide bonds. The Hall–Kier alpha value is -2.74. The number of aromatic nitrogens is 1. The number of amides is 3. The number of fused-ring (bicyclic) bond motifs is 1. The van der Waals surface area contributed by atoms with Gasteiger partial charge < -0.3 is 15.5 Å². The Kier molecular flexibility index (Phi) is 5.32. The van der Waals surface area contributed by atoms with E-state index >= 15 is 0 Å². The highest BCUT2D eigenvalue weighted by Crippen LogP contribution is 2.37. The van der Waals surface area contributed by atoms with Crippen LogP contribution in [0.1, 0.15) is 24.1 Å². The van der Waals surface area contributed by atoms with E-state index in [1.807, 2.05) is 19.1 Å². The van der Waals surface area contributed by atoms with Crippen molar-refractivity contribution in [1.29, 1.82) is 0 Å². The second kappa shape index (κ2) is 7.65. The molecule has 1 aromatic carbocycles. The van der Waals surface area contributed by atoms with Crippen molar-refractivity contribution in [2.45, 2.75) is 19.5 Å². The molecule has 0 spiro atoms. The molecule has 1 aliphatic rings. The van der Waals surface area contributed by atoms with Crippen LogP contribution in [0.15, 0.2) is 47.2 Å². The molecule has 0 bridgehead atoms. The second-order valence-corrected chi connectivity index (χ2v) is 6.65. The summed E-state index contributed by atoms with van der Waals surface area (Å²) in [5.41, 5.74) is 2.18. The lowest BCUT2D eigenvalue weighted by Gasteiger charge is -2.15. The van der Waals surface area contributed by atoms with Gasteiger partial charge in [0.15, 0.2) is 0 Å². The van der Waals surface area contributed by atoms with Crippen LogP contribution in [0.4, 0.5) is 5.69 Å². The summed E-state index contributed by atoms with van der Waals surface area (Å²) in [5, 5.41) is 5.06. The fourth-order valence-electron chi connectivity index (χ4n) is 2.84. The number of benzene rings is 1. The zero-order valence-electron chi connectivity index (χ0n) is 14.0. The first-order valence-corrected chi connectivity index (χ1v) is 8.89. The molecule has 0 fully saturated rings. The van der Waals surface area contributed by atoms with E-state index < -0.39 is 17.9 Å². The number of anilines is 1. The van der Waals surface area contributed by atoms with Gasteiger partial charge in [0.2, 0.25) is 0 Å². The summed E-state index contributed by atoms with van der Waals surface area (Å²) in [5.74, 6) is -1.90. The Bertz CT molecular complexity index is 857. The van der Waals surface area contributed by atoms with E-state index in [2.05, 4.69) is 31.5 Å². The predicted molar refractivity (Wildman–Crippen MR) is 99.1 cm³/mol. The van der Waals surface area contributed by atoms with E-state index in [0.717, 1.165) is 15.7 Å². The molecular weight excluding hydrogens is 400 g/mol. The largest absolute Gasteiger partial charge is 0.344 e. The van der Waals surface area contributed by atoms with Crippen LogP contribution >= 0.6 is 15.9 Å². The van der Waals surface area contributed by atoms with E-state index in [1.165, 1.54) is 0 Å². The van der Waals surface area contributed by atoms with Gasteiger partial charge in [-0.15, -0.1) is 0 Å². The van der Waals surface area contributed by atoms with Gasteiger partial charge in [-0.2, -0.15) is 0 Å². The van der Waals surface area contributed by atoms with Crippen LogP contribution in [-0.4, -0.2) is 29.3 Å². The Morgan fingerprint density at radius 1 is 1.27 bits per heavy atom. The van der Waals surface area contributed by atoms with Gasteiger partial charge in [-0.1, -0.05) is 22.0 Å². The predicted octanol–water partition coefficient (Wildman–Crippen LogP) is 1.68.